The van der Waals surface area contributed by atoms with Gasteiger partial charge in [-0.2, -0.15) is 6.07 Å². The third kappa shape index (κ3) is 5.98. The van der Waals surface area contributed by atoms with Crippen LogP contribution in [0.2, 0.25) is 0 Å². The molecular weight excluding hydrogens is 621 g/mol. The Morgan fingerprint density at radius 3 is 2.17 bits per heavy atom. The zero-order valence-corrected chi connectivity index (χ0v) is 21.8. The van der Waals surface area contributed by atoms with Gasteiger partial charge in [0.05, 0.1) is 13.1 Å². The van der Waals surface area contributed by atoms with Gasteiger partial charge in [0.2, 0.25) is 0 Å². The number of hydrogen-bond donors (Lipinski definition) is 0. The summed E-state index contributed by atoms with van der Waals surface area (Å²) in [4.78, 5) is 15.7. The van der Waals surface area contributed by atoms with Gasteiger partial charge >= 0.3 is 0 Å². The zero-order valence-electron chi connectivity index (χ0n) is 19.4. The van der Waals surface area contributed by atoms with Crippen LogP contribution in [0.25, 0.3) is 43.3 Å². The summed E-state index contributed by atoms with van der Waals surface area (Å²) in [5.41, 5.74) is 6.98. The molecule has 0 unspecified atom stereocenters. The molecule has 3 aromatic carbocycles. The monoisotopic (exact) mass is 641 g/mol. The minimum Gasteiger partial charge on any atom is -0.305 e. The minimum absolute atomic E-state index is 0. The first-order valence-corrected chi connectivity index (χ1v) is 10.9. The van der Waals surface area contributed by atoms with Gasteiger partial charge in [-0.3, -0.25) is 9.69 Å². The Balaban J connectivity index is 0.000000234. The molecular formula is C31H20IrN4-2. The summed E-state index contributed by atoms with van der Waals surface area (Å²) >= 11 is 0. The number of pyridine rings is 2. The van der Waals surface area contributed by atoms with Crippen molar-refractivity contribution >= 4 is 11.4 Å². The van der Waals surface area contributed by atoms with Crippen molar-refractivity contribution in [3.63, 3.8) is 0 Å². The van der Waals surface area contributed by atoms with Gasteiger partial charge in [-0.25, -0.2) is 0 Å². The molecule has 0 aliphatic carbocycles. The topological polar surface area (TPSA) is 34.5 Å². The van der Waals surface area contributed by atoms with Crippen LogP contribution >= 0.6 is 0 Å². The van der Waals surface area contributed by atoms with Crippen molar-refractivity contribution in [3.05, 3.63) is 144 Å². The van der Waals surface area contributed by atoms with Gasteiger partial charge in [-0.15, -0.1) is 48.0 Å². The van der Waals surface area contributed by atoms with Gasteiger partial charge in [0.25, 0.3) is 0 Å². The van der Waals surface area contributed by atoms with E-state index in [1.54, 1.807) is 24.5 Å². The fourth-order valence-electron chi connectivity index (χ4n) is 3.65. The van der Waals surface area contributed by atoms with Crippen LogP contribution in [0.15, 0.2) is 103 Å². The maximum absolute atomic E-state index is 7.44. The Hall–Kier alpha value is -4.41. The molecule has 1 radical (unpaired) electrons. The van der Waals surface area contributed by atoms with Crippen LogP contribution in [-0.4, -0.2) is 9.97 Å². The van der Waals surface area contributed by atoms with E-state index in [9.17, 15) is 0 Å². The summed E-state index contributed by atoms with van der Waals surface area (Å²) in [6, 6.07) is 35.1. The fraction of sp³-hybridized carbons (Fsp3) is 0.0323. The van der Waals surface area contributed by atoms with Crippen LogP contribution in [0, 0.1) is 32.2 Å². The van der Waals surface area contributed by atoms with Crippen LogP contribution in [0.4, 0.5) is 11.4 Å². The molecule has 5 rings (SSSR count). The second-order valence-electron chi connectivity index (χ2n) is 7.52. The molecule has 0 amide bonds. The van der Waals surface area contributed by atoms with Crippen molar-refractivity contribution < 1.29 is 20.1 Å². The molecule has 0 aliphatic heterocycles. The van der Waals surface area contributed by atoms with Crippen LogP contribution in [-0.2, 0) is 20.1 Å². The normalized spacial score (nSPS) is 9.53. The second-order valence-corrected chi connectivity index (χ2v) is 7.52. The maximum Gasteiger partial charge on any atom is 0.176 e. The third-order valence-electron chi connectivity index (χ3n) is 5.29. The summed E-state index contributed by atoms with van der Waals surface area (Å²) in [7, 11) is 0. The van der Waals surface area contributed by atoms with Gasteiger partial charge in [-0.1, -0.05) is 48.0 Å². The van der Waals surface area contributed by atoms with Crippen LogP contribution in [0.3, 0.4) is 0 Å². The SMILES string of the molecule is [C-]#[N+]c1cc[c-]c(-c2nccc(C)c2-c2ccccc2)c1[N+]#[C-].[Ir].[c-]1ccccc1-c1ccccn1. The summed E-state index contributed by atoms with van der Waals surface area (Å²) in [5, 5.41) is 0. The van der Waals surface area contributed by atoms with Gasteiger partial charge in [0.1, 0.15) is 0 Å². The Labute approximate surface area is 225 Å². The molecule has 4 nitrogen and oxygen atoms in total. The molecule has 0 fully saturated rings. The molecule has 36 heavy (non-hydrogen) atoms. The van der Waals surface area contributed by atoms with Crippen molar-refractivity contribution in [3.8, 4) is 33.6 Å². The summed E-state index contributed by atoms with van der Waals surface area (Å²) in [6.07, 6.45) is 3.51. The Morgan fingerprint density at radius 1 is 0.722 bits per heavy atom. The molecule has 0 atom stereocenters. The summed E-state index contributed by atoms with van der Waals surface area (Å²) in [5.74, 6) is 0. The van der Waals surface area contributed by atoms with Gasteiger partial charge in [0, 0.05) is 32.5 Å². The van der Waals surface area contributed by atoms with E-state index in [1.165, 1.54) is 0 Å². The molecule has 2 aromatic heterocycles. The number of benzene rings is 3. The van der Waals surface area contributed by atoms with Crippen molar-refractivity contribution in [2.24, 2.45) is 0 Å². The van der Waals surface area contributed by atoms with Crippen molar-refractivity contribution in [1.82, 2.24) is 9.97 Å². The second kappa shape index (κ2) is 12.9. The van der Waals surface area contributed by atoms with Crippen molar-refractivity contribution in [2.75, 3.05) is 0 Å². The fourth-order valence-corrected chi connectivity index (χ4v) is 3.65. The molecule has 0 spiro atoms. The maximum atomic E-state index is 7.44. The smallest absolute Gasteiger partial charge is 0.176 e. The zero-order chi connectivity index (χ0) is 24.5. The quantitative estimate of drug-likeness (QED) is 0.187. The van der Waals surface area contributed by atoms with Gasteiger partial charge in [-0.05, 0) is 47.1 Å². The summed E-state index contributed by atoms with van der Waals surface area (Å²) < 4.78 is 0. The molecule has 0 bridgehead atoms. The van der Waals surface area contributed by atoms with E-state index >= 15 is 0 Å². The van der Waals surface area contributed by atoms with E-state index in [1.807, 2.05) is 85.8 Å². The predicted molar refractivity (Wildman–Crippen MR) is 140 cm³/mol. The van der Waals surface area contributed by atoms with Crippen LogP contribution in [0.5, 0.6) is 0 Å². The molecule has 0 saturated carbocycles. The van der Waals surface area contributed by atoms with Gasteiger partial charge < -0.3 is 9.97 Å². The molecule has 0 saturated heterocycles. The first kappa shape index (κ1) is 26.2. The van der Waals surface area contributed by atoms with Crippen molar-refractivity contribution in [2.45, 2.75) is 6.92 Å². The first-order valence-electron chi connectivity index (χ1n) is 10.9. The van der Waals surface area contributed by atoms with E-state index < -0.39 is 0 Å². The predicted octanol–water partition coefficient (Wildman–Crippen LogP) is 8.17. The number of hydrogen-bond acceptors (Lipinski definition) is 2. The Bertz CT molecular complexity index is 1470. The van der Waals surface area contributed by atoms with E-state index in [2.05, 4.69) is 31.8 Å². The van der Waals surface area contributed by atoms with E-state index in [0.717, 1.165) is 27.9 Å². The average molecular weight is 641 g/mol. The van der Waals surface area contributed by atoms with Crippen LogP contribution in [0.1, 0.15) is 5.56 Å². The largest absolute Gasteiger partial charge is 0.305 e. The van der Waals surface area contributed by atoms with Crippen LogP contribution < -0.4 is 0 Å². The Kier molecular flexibility index (Phi) is 9.38. The Morgan fingerprint density at radius 2 is 1.50 bits per heavy atom. The average Bonchev–Trinajstić information content (AvgIpc) is 2.94. The molecule has 0 N–H and O–H groups in total. The molecule has 5 aromatic rings. The minimum atomic E-state index is 0. The van der Waals surface area contributed by atoms with Gasteiger partial charge in [0.15, 0.2) is 11.4 Å². The number of aryl methyl sites for hydroxylation is 1. The van der Waals surface area contributed by atoms with E-state index in [0.29, 0.717) is 22.6 Å². The molecule has 175 valence electrons. The third-order valence-corrected chi connectivity index (χ3v) is 5.29. The molecule has 2 heterocycles. The number of aromatic nitrogens is 2. The first-order chi connectivity index (χ1) is 17.2. The number of nitrogens with zero attached hydrogens (tertiary/aromatic N) is 4. The molecule has 0 aliphatic rings. The van der Waals surface area contributed by atoms with Crippen molar-refractivity contribution in [1.29, 1.82) is 0 Å². The van der Waals surface area contributed by atoms with E-state index in [-0.39, 0.29) is 20.1 Å². The number of rotatable bonds is 3. The standard InChI is InChI=1S/C20H12N3.C11H8N.Ir/c1-14-12-13-23-20(18(14)15-8-5-4-6-9-15)16-10-7-11-17(21-2)19(16)22-3;1-2-6-10(7-3-1)11-8-4-5-9-12-11;/h4-9,11-13H,1H3;1-6,8-9H;/q2*-1;. The summed E-state index contributed by atoms with van der Waals surface area (Å²) in [6.45, 7) is 16.7. The molecule has 5 heteroatoms. The van der Waals surface area contributed by atoms with E-state index in [4.69, 9.17) is 13.1 Å².